The van der Waals surface area contributed by atoms with Crippen LogP contribution in [0.15, 0.2) is 0 Å². The second-order valence-electron chi connectivity index (χ2n) is 2.16. The van der Waals surface area contributed by atoms with E-state index in [9.17, 15) is 0 Å². The van der Waals surface area contributed by atoms with Crippen LogP contribution in [0, 0.1) is 0 Å². The normalized spacial score (nSPS) is 24.0. The highest BCUT2D eigenvalue weighted by Crippen LogP contribution is 2.00. The minimum absolute atomic E-state index is 1.25. The van der Waals surface area contributed by atoms with Gasteiger partial charge < -0.3 is 5.32 Å². The van der Waals surface area contributed by atoms with Crippen LogP contribution in [0.1, 0.15) is 25.7 Å². The van der Waals surface area contributed by atoms with Crippen LogP contribution in [0.2, 0.25) is 0 Å². The maximum absolute atomic E-state index is 3.35. The third-order valence-corrected chi connectivity index (χ3v) is 1.46. The van der Waals surface area contributed by atoms with E-state index in [-0.39, 0.29) is 0 Å². The second-order valence-corrected chi connectivity index (χ2v) is 2.16. The lowest BCUT2D eigenvalue weighted by Gasteiger charge is -1.91. The first-order valence-electron chi connectivity index (χ1n) is 3.21. The van der Waals surface area contributed by atoms with Crippen molar-refractivity contribution in [2.45, 2.75) is 25.7 Å². The van der Waals surface area contributed by atoms with Crippen molar-refractivity contribution in [3.63, 3.8) is 0 Å². The van der Waals surface area contributed by atoms with Crippen LogP contribution < -0.4 is 5.32 Å². The molecular formula is C6H13N. The van der Waals surface area contributed by atoms with Gasteiger partial charge in [-0.15, -0.1) is 0 Å². The molecule has 1 rings (SSSR count). The summed E-state index contributed by atoms with van der Waals surface area (Å²) in [7, 11) is 0. The van der Waals surface area contributed by atoms with Crippen LogP contribution in [0.4, 0.5) is 0 Å². The summed E-state index contributed by atoms with van der Waals surface area (Å²) in [6, 6.07) is 0. The molecule has 7 heavy (non-hydrogen) atoms. The molecule has 1 aliphatic rings. The van der Waals surface area contributed by atoms with Crippen molar-refractivity contribution in [2.24, 2.45) is 0 Å². The van der Waals surface area contributed by atoms with Gasteiger partial charge >= 0.3 is 0 Å². The average molecular weight is 100 g/mol. The van der Waals surface area contributed by atoms with E-state index in [2.05, 4.69) is 5.32 Å². The van der Waals surface area contributed by atoms with E-state index >= 15 is 0 Å². The summed E-state index contributed by atoms with van der Waals surface area (Å²) < 4.78 is 0. The van der Waals surface area contributed by atoms with Crippen molar-refractivity contribution in [1.82, 2.24) is 5.32 Å². The summed E-state index contributed by atoms with van der Waals surface area (Å²) in [4.78, 5) is 0. The SMILES string of the molecule is C1CC[13CH2]NCC1. The van der Waals surface area contributed by atoms with E-state index in [4.69, 9.17) is 0 Å². The molecule has 0 amide bonds. The standard InChI is InChI=1S/C6H13N/c1-2-4-6-7-5-3-1/h7H,1-6H2/i5+1. The Hall–Kier alpha value is -0.0400. The predicted molar refractivity (Wildman–Crippen MR) is 31.3 cm³/mol. The van der Waals surface area contributed by atoms with Gasteiger partial charge in [0, 0.05) is 0 Å². The lowest BCUT2D eigenvalue weighted by molar-refractivity contribution is 0.702. The number of hydrogen-bond donors (Lipinski definition) is 1. The summed E-state index contributed by atoms with van der Waals surface area (Å²) in [5.74, 6) is 0. The van der Waals surface area contributed by atoms with Crippen molar-refractivity contribution in [1.29, 1.82) is 0 Å². The first-order chi connectivity index (χ1) is 3.50. The third kappa shape index (κ3) is 1.93. The highest BCUT2D eigenvalue weighted by Gasteiger charge is 1.94. The summed E-state index contributed by atoms with van der Waals surface area (Å²) >= 11 is 0. The van der Waals surface area contributed by atoms with Gasteiger partial charge in [-0.25, -0.2) is 0 Å². The fourth-order valence-corrected chi connectivity index (χ4v) is 0.979. The molecule has 1 fully saturated rings. The van der Waals surface area contributed by atoms with E-state index in [1.54, 1.807) is 0 Å². The molecule has 1 N–H and O–H groups in total. The molecular weight excluding hydrogens is 87.1 g/mol. The molecule has 0 aromatic rings. The average Bonchev–Trinajstić information content (AvgIpc) is 1.90. The Morgan fingerprint density at radius 2 is 1.29 bits per heavy atom. The molecule has 0 atom stereocenters. The topological polar surface area (TPSA) is 12.0 Å². The van der Waals surface area contributed by atoms with Crippen LogP contribution in [0.3, 0.4) is 0 Å². The Labute approximate surface area is 45.1 Å². The molecule has 0 radical (unpaired) electrons. The van der Waals surface area contributed by atoms with E-state index in [0.29, 0.717) is 0 Å². The van der Waals surface area contributed by atoms with Gasteiger partial charge in [0.2, 0.25) is 0 Å². The third-order valence-electron chi connectivity index (χ3n) is 1.46. The smallest absolute Gasteiger partial charge is 0.00489 e. The maximum Gasteiger partial charge on any atom is -0.00489 e. The molecule has 1 saturated heterocycles. The second kappa shape index (κ2) is 3.03. The van der Waals surface area contributed by atoms with E-state index in [0.717, 1.165) is 0 Å². The monoisotopic (exact) mass is 100 g/mol. The molecule has 0 aliphatic carbocycles. The summed E-state index contributed by atoms with van der Waals surface area (Å²) in [6.45, 7) is 2.50. The summed E-state index contributed by atoms with van der Waals surface area (Å²) in [6.07, 6.45) is 5.65. The molecule has 0 bridgehead atoms. The van der Waals surface area contributed by atoms with Crippen molar-refractivity contribution in [3.8, 4) is 0 Å². The van der Waals surface area contributed by atoms with Crippen LogP contribution >= 0.6 is 0 Å². The van der Waals surface area contributed by atoms with Gasteiger partial charge in [-0.2, -0.15) is 0 Å². The molecule has 0 saturated carbocycles. The maximum atomic E-state index is 3.35. The first kappa shape index (κ1) is 5.10. The van der Waals surface area contributed by atoms with Crippen molar-refractivity contribution in [2.75, 3.05) is 13.1 Å². The van der Waals surface area contributed by atoms with Gasteiger partial charge in [0.05, 0.1) is 0 Å². The summed E-state index contributed by atoms with van der Waals surface area (Å²) in [5.41, 5.74) is 0. The summed E-state index contributed by atoms with van der Waals surface area (Å²) in [5, 5.41) is 3.35. The quantitative estimate of drug-likeness (QED) is 0.450. The zero-order valence-corrected chi connectivity index (χ0v) is 4.74. The molecule has 1 nitrogen and oxygen atoms in total. The fourth-order valence-electron chi connectivity index (χ4n) is 0.979. The van der Waals surface area contributed by atoms with Gasteiger partial charge in [-0.05, 0) is 25.9 Å². The molecule has 0 unspecified atom stereocenters. The minimum atomic E-state index is 1.25. The van der Waals surface area contributed by atoms with Gasteiger partial charge in [-0.3, -0.25) is 0 Å². The Balaban J connectivity index is 2.04. The number of rotatable bonds is 0. The van der Waals surface area contributed by atoms with Crippen LogP contribution in [0.5, 0.6) is 0 Å². The molecule has 1 heteroatoms. The largest absolute Gasteiger partial charge is 0.317 e. The van der Waals surface area contributed by atoms with Crippen molar-refractivity contribution < 1.29 is 0 Å². The van der Waals surface area contributed by atoms with Crippen molar-refractivity contribution in [3.05, 3.63) is 0 Å². The first-order valence-corrected chi connectivity index (χ1v) is 3.21. The number of hydrogen-bond acceptors (Lipinski definition) is 1. The van der Waals surface area contributed by atoms with Gasteiger partial charge in [0.15, 0.2) is 0 Å². The molecule has 0 aromatic carbocycles. The molecule has 0 aromatic heterocycles. The van der Waals surface area contributed by atoms with Crippen LogP contribution in [0.25, 0.3) is 0 Å². The van der Waals surface area contributed by atoms with Crippen LogP contribution in [-0.4, -0.2) is 13.1 Å². The highest BCUT2D eigenvalue weighted by molar-refractivity contribution is 4.54. The number of nitrogens with one attached hydrogen (secondary N) is 1. The zero-order valence-electron chi connectivity index (χ0n) is 4.74. The fraction of sp³-hybridized carbons (Fsp3) is 1.00. The Morgan fingerprint density at radius 3 is 1.86 bits per heavy atom. The lowest BCUT2D eigenvalue weighted by Crippen LogP contribution is -2.12. The molecule has 1 heterocycles. The van der Waals surface area contributed by atoms with E-state index < -0.39 is 0 Å². The van der Waals surface area contributed by atoms with E-state index in [1.165, 1.54) is 38.8 Å². The lowest BCUT2D eigenvalue weighted by atomic mass is 10.2. The Bertz CT molecular complexity index is 23.8. The van der Waals surface area contributed by atoms with Gasteiger partial charge in [0.1, 0.15) is 0 Å². The van der Waals surface area contributed by atoms with E-state index in [1.807, 2.05) is 0 Å². The highest BCUT2D eigenvalue weighted by atomic mass is 15.0. The zero-order chi connectivity index (χ0) is 4.95. The minimum Gasteiger partial charge on any atom is -0.317 e. The molecule has 42 valence electrons. The van der Waals surface area contributed by atoms with Crippen LogP contribution in [-0.2, 0) is 0 Å². The van der Waals surface area contributed by atoms with Gasteiger partial charge in [-0.1, -0.05) is 12.8 Å². The van der Waals surface area contributed by atoms with Crippen molar-refractivity contribution >= 4 is 0 Å². The molecule has 0 spiro atoms. The van der Waals surface area contributed by atoms with Gasteiger partial charge in [0.25, 0.3) is 0 Å². The Morgan fingerprint density at radius 1 is 0.714 bits per heavy atom. The Kier molecular flexibility index (Phi) is 2.21. The predicted octanol–water partition coefficient (Wildman–Crippen LogP) is 1.15. The molecule has 1 aliphatic heterocycles.